The first-order valence-corrected chi connectivity index (χ1v) is 6.60. The van der Waals surface area contributed by atoms with Crippen LogP contribution in [0.2, 0.25) is 5.15 Å². The van der Waals surface area contributed by atoms with E-state index in [1.807, 2.05) is 6.92 Å². The molecule has 0 aliphatic heterocycles. The number of hydrogen-bond acceptors (Lipinski definition) is 3. The largest absolute Gasteiger partial charge is 0.266 e. The number of hydrogen-bond donors (Lipinski definition) is 0. The highest BCUT2D eigenvalue weighted by Crippen LogP contribution is 2.40. The van der Waals surface area contributed by atoms with Gasteiger partial charge in [0.2, 0.25) is 5.92 Å². The van der Waals surface area contributed by atoms with Gasteiger partial charge in [-0.3, -0.25) is 4.40 Å². The summed E-state index contributed by atoms with van der Waals surface area (Å²) in [5.41, 5.74) is 0.616. The first-order chi connectivity index (χ1) is 8.96. The molecule has 19 heavy (non-hydrogen) atoms. The van der Waals surface area contributed by atoms with Gasteiger partial charge in [0.25, 0.3) is 0 Å². The predicted molar refractivity (Wildman–Crippen MR) is 66.7 cm³/mol. The average molecular weight is 287 g/mol. The van der Waals surface area contributed by atoms with E-state index in [0.29, 0.717) is 35.3 Å². The Bertz CT molecular complexity index is 615. The molecule has 2 aromatic heterocycles. The summed E-state index contributed by atoms with van der Waals surface area (Å²) in [6, 6.07) is 1.63. The van der Waals surface area contributed by atoms with E-state index in [4.69, 9.17) is 11.6 Å². The van der Waals surface area contributed by atoms with Gasteiger partial charge < -0.3 is 0 Å². The van der Waals surface area contributed by atoms with Gasteiger partial charge in [-0.25, -0.2) is 13.8 Å². The quantitative estimate of drug-likeness (QED) is 0.755. The second-order valence-electron chi connectivity index (χ2n) is 5.01. The van der Waals surface area contributed by atoms with Crippen LogP contribution in [0.3, 0.4) is 0 Å². The Kier molecular flexibility index (Phi) is 2.92. The Balaban J connectivity index is 1.98. The van der Waals surface area contributed by atoms with Crippen molar-refractivity contribution in [3.8, 4) is 0 Å². The molecule has 102 valence electrons. The van der Waals surface area contributed by atoms with Crippen LogP contribution in [0.1, 0.15) is 43.3 Å². The first kappa shape index (κ1) is 12.7. The summed E-state index contributed by atoms with van der Waals surface area (Å²) >= 11 is 5.86. The van der Waals surface area contributed by atoms with E-state index < -0.39 is 5.92 Å². The zero-order valence-electron chi connectivity index (χ0n) is 10.4. The van der Waals surface area contributed by atoms with E-state index >= 15 is 0 Å². The maximum absolute atomic E-state index is 13.2. The van der Waals surface area contributed by atoms with E-state index in [-0.39, 0.29) is 18.8 Å². The smallest absolute Gasteiger partial charge is 0.248 e. The van der Waals surface area contributed by atoms with Gasteiger partial charge in [0.1, 0.15) is 16.8 Å². The molecule has 1 aliphatic carbocycles. The van der Waals surface area contributed by atoms with Crippen LogP contribution in [-0.4, -0.2) is 25.5 Å². The standard InChI is InChI=1S/C12H13ClF2N4/c1-7-16-9(13)6-10-17-18-11(19(7)10)8-2-4-12(14,15)5-3-8/h6,8H,2-5H2,1H3. The molecule has 2 aromatic rings. The molecule has 3 rings (SSSR count). The van der Waals surface area contributed by atoms with Crippen molar-refractivity contribution in [2.75, 3.05) is 0 Å². The summed E-state index contributed by atoms with van der Waals surface area (Å²) in [6.07, 6.45) is 0.672. The van der Waals surface area contributed by atoms with Crippen LogP contribution in [0.25, 0.3) is 5.65 Å². The molecular formula is C12H13ClF2N4. The minimum Gasteiger partial charge on any atom is -0.266 e. The molecule has 1 fully saturated rings. The molecule has 0 amide bonds. The number of aryl methyl sites for hydroxylation is 1. The molecule has 1 saturated carbocycles. The van der Waals surface area contributed by atoms with Gasteiger partial charge in [0, 0.05) is 24.8 Å². The SMILES string of the molecule is Cc1nc(Cl)cc2nnc(C3CCC(F)(F)CC3)n12. The van der Waals surface area contributed by atoms with Crippen LogP contribution in [0.15, 0.2) is 6.07 Å². The van der Waals surface area contributed by atoms with Crippen molar-refractivity contribution in [3.05, 3.63) is 22.9 Å². The molecule has 1 aliphatic rings. The molecule has 0 radical (unpaired) electrons. The molecule has 0 bridgehead atoms. The van der Waals surface area contributed by atoms with Crippen molar-refractivity contribution in [1.29, 1.82) is 0 Å². The fourth-order valence-corrected chi connectivity index (χ4v) is 2.86. The third-order valence-electron chi connectivity index (χ3n) is 3.64. The fourth-order valence-electron chi connectivity index (χ4n) is 2.64. The Morgan fingerprint density at radius 2 is 2.00 bits per heavy atom. The summed E-state index contributed by atoms with van der Waals surface area (Å²) in [6.45, 7) is 1.81. The molecule has 0 unspecified atom stereocenters. The zero-order valence-corrected chi connectivity index (χ0v) is 11.2. The van der Waals surface area contributed by atoms with Gasteiger partial charge in [-0.1, -0.05) is 11.6 Å². The molecule has 0 N–H and O–H groups in total. The van der Waals surface area contributed by atoms with Crippen LogP contribution in [-0.2, 0) is 0 Å². The third-order valence-corrected chi connectivity index (χ3v) is 3.83. The van der Waals surface area contributed by atoms with E-state index in [2.05, 4.69) is 15.2 Å². The number of nitrogens with zero attached hydrogens (tertiary/aromatic N) is 4. The lowest BCUT2D eigenvalue weighted by Gasteiger charge is -2.27. The van der Waals surface area contributed by atoms with Crippen molar-refractivity contribution < 1.29 is 8.78 Å². The first-order valence-electron chi connectivity index (χ1n) is 6.22. The second kappa shape index (κ2) is 4.37. The summed E-state index contributed by atoms with van der Waals surface area (Å²) < 4.78 is 28.2. The molecule has 2 heterocycles. The molecule has 0 atom stereocenters. The highest BCUT2D eigenvalue weighted by Gasteiger charge is 2.37. The van der Waals surface area contributed by atoms with E-state index in [1.54, 1.807) is 10.5 Å². The Morgan fingerprint density at radius 3 is 2.68 bits per heavy atom. The Labute approximate surface area is 113 Å². The monoisotopic (exact) mass is 286 g/mol. The summed E-state index contributed by atoms with van der Waals surface area (Å²) in [4.78, 5) is 4.16. The van der Waals surface area contributed by atoms with Crippen LogP contribution in [0.4, 0.5) is 8.78 Å². The number of halogens is 3. The summed E-state index contributed by atoms with van der Waals surface area (Å²) in [5, 5.41) is 8.55. The van der Waals surface area contributed by atoms with Crippen LogP contribution >= 0.6 is 11.6 Å². The van der Waals surface area contributed by atoms with E-state index in [9.17, 15) is 8.78 Å². The summed E-state index contributed by atoms with van der Waals surface area (Å²) in [5.74, 6) is -1.13. The number of aromatic nitrogens is 4. The number of alkyl halides is 2. The molecule has 0 aromatic carbocycles. The van der Waals surface area contributed by atoms with Crippen LogP contribution in [0.5, 0.6) is 0 Å². The zero-order chi connectivity index (χ0) is 13.6. The lowest BCUT2D eigenvalue weighted by Crippen LogP contribution is -2.24. The lowest BCUT2D eigenvalue weighted by molar-refractivity contribution is -0.0388. The molecule has 0 spiro atoms. The Hall–Kier alpha value is -1.30. The third kappa shape index (κ3) is 2.29. The van der Waals surface area contributed by atoms with Crippen molar-refractivity contribution in [2.45, 2.75) is 44.4 Å². The average Bonchev–Trinajstić information content (AvgIpc) is 2.73. The van der Waals surface area contributed by atoms with Crippen molar-refractivity contribution in [3.63, 3.8) is 0 Å². The van der Waals surface area contributed by atoms with Crippen molar-refractivity contribution in [2.24, 2.45) is 0 Å². The second-order valence-corrected chi connectivity index (χ2v) is 5.40. The highest BCUT2D eigenvalue weighted by atomic mass is 35.5. The number of rotatable bonds is 1. The van der Waals surface area contributed by atoms with Gasteiger partial charge >= 0.3 is 0 Å². The molecule has 7 heteroatoms. The maximum atomic E-state index is 13.2. The molecular weight excluding hydrogens is 274 g/mol. The molecule has 4 nitrogen and oxygen atoms in total. The maximum Gasteiger partial charge on any atom is 0.248 e. The normalized spacial score (nSPS) is 20.0. The van der Waals surface area contributed by atoms with Crippen molar-refractivity contribution >= 4 is 17.2 Å². The molecule has 0 saturated heterocycles. The summed E-state index contributed by atoms with van der Waals surface area (Å²) in [7, 11) is 0. The lowest BCUT2D eigenvalue weighted by atomic mass is 9.86. The van der Waals surface area contributed by atoms with Gasteiger partial charge in [-0.05, 0) is 19.8 Å². The van der Waals surface area contributed by atoms with Crippen LogP contribution in [0, 0.1) is 6.92 Å². The Morgan fingerprint density at radius 1 is 1.32 bits per heavy atom. The minimum atomic E-state index is -2.53. The number of fused-ring (bicyclic) bond motifs is 1. The van der Waals surface area contributed by atoms with Gasteiger partial charge in [-0.2, -0.15) is 0 Å². The fraction of sp³-hybridized carbons (Fsp3) is 0.583. The van der Waals surface area contributed by atoms with Gasteiger partial charge in [0.15, 0.2) is 5.65 Å². The van der Waals surface area contributed by atoms with E-state index in [1.165, 1.54) is 0 Å². The van der Waals surface area contributed by atoms with Crippen molar-refractivity contribution in [1.82, 2.24) is 19.6 Å². The van der Waals surface area contributed by atoms with Gasteiger partial charge in [-0.15, -0.1) is 10.2 Å². The van der Waals surface area contributed by atoms with E-state index in [0.717, 1.165) is 0 Å². The van der Waals surface area contributed by atoms with Gasteiger partial charge in [0.05, 0.1) is 0 Å². The predicted octanol–water partition coefficient (Wildman–Crippen LogP) is 3.38. The minimum absolute atomic E-state index is 0.0105. The van der Waals surface area contributed by atoms with Crippen LogP contribution < -0.4 is 0 Å². The highest BCUT2D eigenvalue weighted by molar-refractivity contribution is 6.29. The topological polar surface area (TPSA) is 43.1 Å².